The Morgan fingerprint density at radius 2 is 1.43 bits per heavy atom. The van der Waals surface area contributed by atoms with Gasteiger partial charge in [-0.1, -0.05) is 17.7 Å². The summed E-state index contributed by atoms with van der Waals surface area (Å²) in [6, 6.07) is 5.72. The molecule has 0 spiro atoms. The Morgan fingerprint density at radius 1 is 0.893 bits per heavy atom. The highest BCUT2D eigenvalue weighted by atomic mass is 35.5. The van der Waals surface area contributed by atoms with E-state index in [1.165, 1.54) is 0 Å². The van der Waals surface area contributed by atoms with Crippen LogP contribution in [-0.4, -0.2) is 67.6 Å². The van der Waals surface area contributed by atoms with Gasteiger partial charge in [-0.25, -0.2) is 0 Å². The van der Waals surface area contributed by atoms with E-state index in [2.05, 4.69) is 25.1 Å². The summed E-state index contributed by atoms with van der Waals surface area (Å²) in [5.74, 6) is 1.84. The molecule has 4 rings (SSSR count). The summed E-state index contributed by atoms with van der Waals surface area (Å²) in [6.45, 7) is 7.79. The molecule has 1 aromatic heterocycles. The lowest BCUT2D eigenvalue weighted by atomic mass is 10.2. The highest BCUT2D eigenvalue weighted by Crippen LogP contribution is 2.25. The smallest absolute Gasteiger partial charge is 0.233 e. The summed E-state index contributed by atoms with van der Waals surface area (Å²) < 4.78 is 10.9. The Balaban J connectivity index is 0.00000225. The quantitative estimate of drug-likeness (QED) is 0.799. The molecule has 0 atom stereocenters. The van der Waals surface area contributed by atoms with Gasteiger partial charge in [-0.05, 0) is 24.6 Å². The number of aromatic nitrogens is 3. The second-order valence-electron chi connectivity index (χ2n) is 6.54. The molecular formula is C18H24Cl2N6O2. The van der Waals surface area contributed by atoms with Gasteiger partial charge in [-0.2, -0.15) is 15.0 Å². The van der Waals surface area contributed by atoms with Crippen molar-refractivity contribution in [2.45, 2.75) is 6.92 Å². The summed E-state index contributed by atoms with van der Waals surface area (Å²) in [5.41, 5.74) is 1.95. The van der Waals surface area contributed by atoms with Gasteiger partial charge in [0.05, 0.1) is 26.4 Å². The molecule has 152 valence electrons. The van der Waals surface area contributed by atoms with Gasteiger partial charge in [-0.3, -0.25) is 0 Å². The predicted octanol–water partition coefficient (Wildman–Crippen LogP) is 2.67. The fourth-order valence-electron chi connectivity index (χ4n) is 3.07. The van der Waals surface area contributed by atoms with E-state index < -0.39 is 0 Å². The van der Waals surface area contributed by atoms with Crippen LogP contribution in [0.2, 0.25) is 5.02 Å². The van der Waals surface area contributed by atoms with Crippen LogP contribution in [0.25, 0.3) is 0 Å². The molecule has 0 amide bonds. The average molecular weight is 427 g/mol. The van der Waals surface area contributed by atoms with Gasteiger partial charge < -0.3 is 24.6 Å². The van der Waals surface area contributed by atoms with E-state index in [0.29, 0.717) is 49.3 Å². The summed E-state index contributed by atoms with van der Waals surface area (Å²) in [5, 5.41) is 3.98. The molecule has 2 aliphatic rings. The number of morpholine rings is 2. The molecule has 0 aliphatic carbocycles. The van der Waals surface area contributed by atoms with Gasteiger partial charge in [0.2, 0.25) is 17.8 Å². The zero-order chi connectivity index (χ0) is 18.6. The molecular weight excluding hydrogens is 403 g/mol. The van der Waals surface area contributed by atoms with Gasteiger partial charge >= 0.3 is 0 Å². The van der Waals surface area contributed by atoms with Crippen LogP contribution in [0.3, 0.4) is 0 Å². The minimum absolute atomic E-state index is 0. The van der Waals surface area contributed by atoms with Crippen LogP contribution >= 0.6 is 24.0 Å². The molecule has 2 fully saturated rings. The second kappa shape index (κ2) is 9.56. The van der Waals surface area contributed by atoms with E-state index in [1.54, 1.807) is 0 Å². The SMILES string of the molecule is Cc1ccc(Cl)cc1Nc1nc(N2CCOCC2)nc(N2CCOCC2)n1.Cl. The normalized spacial score (nSPS) is 17.2. The van der Waals surface area contributed by atoms with Crippen LogP contribution in [0.5, 0.6) is 0 Å². The van der Waals surface area contributed by atoms with E-state index in [4.69, 9.17) is 26.1 Å². The first-order valence-corrected chi connectivity index (χ1v) is 9.51. The number of anilines is 4. The topological polar surface area (TPSA) is 75.6 Å². The predicted molar refractivity (Wildman–Crippen MR) is 113 cm³/mol. The summed E-state index contributed by atoms with van der Waals surface area (Å²) in [4.78, 5) is 18.3. The first kappa shape index (κ1) is 20.9. The maximum atomic E-state index is 6.15. The minimum atomic E-state index is 0. The zero-order valence-corrected chi connectivity index (χ0v) is 17.3. The van der Waals surface area contributed by atoms with Gasteiger partial charge in [0.15, 0.2) is 0 Å². The third-order valence-corrected chi connectivity index (χ3v) is 4.88. The molecule has 8 nitrogen and oxygen atoms in total. The van der Waals surface area contributed by atoms with Crippen molar-refractivity contribution in [3.63, 3.8) is 0 Å². The molecule has 0 radical (unpaired) electrons. The third-order valence-electron chi connectivity index (χ3n) is 4.65. The number of nitrogens with zero attached hydrogens (tertiary/aromatic N) is 5. The summed E-state index contributed by atoms with van der Waals surface area (Å²) in [6.07, 6.45) is 0. The molecule has 3 heterocycles. The number of nitrogens with one attached hydrogen (secondary N) is 1. The number of rotatable bonds is 4. The fraction of sp³-hybridized carbons (Fsp3) is 0.500. The Kier molecular flexibility index (Phi) is 7.12. The van der Waals surface area contributed by atoms with Gasteiger partial charge in [0, 0.05) is 36.9 Å². The molecule has 2 aromatic rings. The number of hydrogen-bond acceptors (Lipinski definition) is 8. The van der Waals surface area contributed by atoms with Gasteiger partial charge in [0.1, 0.15) is 0 Å². The summed E-state index contributed by atoms with van der Waals surface area (Å²) >= 11 is 6.15. The van der Waals surface area contributed by atoms with Crippen molar-refractivity contribution < 1.29 is 9.47 Å². The molecule has 2 aliphatic heterocycles. The molecule has 1 aromatic carbocycles. The zero-order valence-electron chi connectivity index (χ0n) is 15.7. The van der Waals surface area contributed by atoms with Crippen LogP contribution in [-0.2, 0) is 9.47 Å². The maximum absolute atomic E-state index is 6.15. The lowest BCUT2D eigenvalue weighted by Crippen LogP contribution is -2.40. The van der Waals surface area contributed by atoms with E-state index in [9.17, 15) is 0 Å². The fourth-order valence-corrected chi connectivity index (χ4v) is 3.24. The monoisotopic (exact) mass is 426 g/mol. The van der Waals surface area contributed by atoms with E-state index in [1.807, 2.05) is 25.1 Å². The number of ether oxygens (including phenoxy) is 2. The van der Waals surface area contributed by atoms with Crippen molar-refractivity contribution in [1.29, 1.82) is 0 Å². The molecule has 0 unspecified atom stereocenters. The van der Waals surface area contributed by atoms with E-state index in [0.717, 1.165) is 37.4 Å². The van der Waals surface area contributed by atoms with Crippen LogP contribution in [0, 0.1) is 6.92 Å². The van der Waals surface area contributed by atoms with Crippen molar-refractivity contribution in [1.82, 2.24) is 15.0 Å². The van der Waals surface area contributed by atoms with Crippen LogP contribution in [0.1, 0.15) is 5.56 Å². The highest BCUT2D eigenvalue weighted by Gasteiger charge is 2.21. The number of benzene rings is 1. The molecule has 2 saturated heterocycles. The summed E-state index contributed by atoms with van der Waals surface area (Å²) in [7, 11) is 0. The Hall–Kier alpha value is -1.87. The van der Waals surface area contributed by atoms with Crippen LogP contribution in [0.4, 0.5) is 23.5 Å². The Morgan fingerprint density at radius 3 is 1.96 bits per heavy atom. The maximum Gasteiger partial charge on any atom is 0.233 e. The Labute approximate surface area is 175 Å². The third kappa shape index (κ3) is 4.94. The molecule has 0 bridgehead atoms. The van der Waals surface area contributed by atoms with Crippen LogP contribution < -0.4 is 15.1 Å². The highest BCUT2D eigenvalue weighted by molar-refractivity contribution is 6.30. The standard InChI is InChI=1S/C18H23ClN6O2.ClH/c1-13-2-3-14(19)12-15(13)20-16-21-17(24-4-8-26-9-5-24)23-18(22-16)25-6-10-27-11-7-25;/h2-3,12H,4-11H2,1H3,(H,20,21,22,23);1H. The van der Waals surface area contributed by atoms with Crippen molar-refractivity contribution in [2.75, 3.05) is 67.7 Å². The first-order valence-electron chi connectivity index (χ1n) is 9.14. The molecule has 10 heteroatoms. The van der Waals surface area contributed by atoms with Gasteiger partial charge in [-0.15, -0.1) is 12.4 Å². The minimum Gasteiger partial charge on any atom is -0.378 e. The van der Waals surface area contributed by atoms with Crippen LogP contribution in [0.15, 0.2) is 18.2 Å². The van der Waals surface area contributed by atoms with Crippen molar-refractivity contribution >= 4 is 47.5 Å². The average Bonchev–Trinajstić information content (AvgIpc) is 2.72. The number of hydrogen-bond donors (Lipinski definition) is 1. The largest absolute Gasteiger partial charge is 0.378 e. The van der Waals surface area contributed by atoms with Crippen molar-refractivity contribution in [3.8, 4) is 0 Å². The lowest BCUT2D eigenvalue weighted by Gasteiger charge is -2.30. The molecule has 1 N–H and O–H groups in total. The first-order chi connectivity index (χ1) is 13.2. The van der Waals surface area contributed by atoms with Gasteiger partial charge in [0.25, 0.3) is 0 Å². The van der Waals surface area contributed by atoms with Crippen molar-refractivity contribution in [3.05, 3.63) is 28.8 Å². The Bertz CT molecular complexity index is 761. The van der Waals surface area contributed by atoms with E-state index >= 15 is 0 Å². The molecule has 0 saturated carbocycles. The van der Waals surface area contributed by atoms with E-state index in [-0.39, 0.29) is 12.4 Å². The number of halogens is 2. The number of aryl methyl sites for hydroxylation is 1. The second-order valence-corrected chi connectivity index (χ2v) is 6.98. The lowest BCUT2D eigenvalue weighted by molar-refractivity contribution is 0.121. The van der Waals surface area contributed by atoms with Crippen molar-refractivity contribution in [2.24, 2.45) is 0 Å². The molecule has 28 heavy (non-hydrogen) atoms.